The third-order valence-electron chi connectivity index (χ3n) is 9.91. The van der Waals surface area contributed by atoms with E-state index >= 15 is 0 Å². The first kappa shape index (κ1) is 29.6. The van der Waals surface area contributed by atoms with Crippen LogP contribution in [0.5, 0.6) is 0 Å². The standard InChI is InChI=1S/C50H34/c1-3-13-36(14-4-1)37-29-31-41(32-30-37)50-47-21-11-9-19-45(47)49(46-20-10-12-22-48(46)50)40-27-24-35(25-28-40)23-26-39-33-34-43(38-15-5-2-6-16-38)44-18-8-7-17-42(39)44/h1-34H/b26-23+. The molecule has 0 spiro atoms. The maximum Gasteiger partial charge on any atom is -0.00264 e. The summed E-state index contributed by atoms with van der Waals surface area (Å²) in [4.78, 5) is 0. The van der Waals surface area contributed by atoms with Gasteiger partial charge in [0, 0.05) is 0 Å². The molecule has 0 aliphatic heterocycles. The fourth-order valence-electron chi connectivity index (χ4n) is 7.49. The zero-order chi connectivity index (χ0) is 33.3. The summed E-state index contributed by atoms with van der Waals surface area (Å²) < 4.78 is 0. The van der Waals surface area contributed by atoms with E-state index < -0.39 is 0 Å². The minimum absolute atomic E-state index is 1.17. The van der Waals surface area contributed by atoms with Gasteiger partial charge >= 0.3 is 0 Å². The van der Waals surface area contributed by atoms with Gasteiger partial charge in [-0.1, -0.05) is 206 Å². The first-order valence-corrected chi connectivity index (χ1v) is 17.3. The summed E-state index contributed by atoms with van der Waals surface area (Å²) in [7, 11) is 0. The van der Waals surface area contributed by atoms with Gasteiger partial charge in [-0.15, -0.1) is 0 Å². The number of benzene rings is 9. The van der Waals surface area contributed by atoms with E-state index in [-0.39, 0.29) is 0 Å². The Kier molecular flexibility index (Phi) is 7.61. The van der Waals surface area contributed by atoms with Crippen LogP contribution >= 0.6 is 0 Å². The van der Waals surface area contributed by atoms with Crippen LogP contribution in [0.2, 0.25) is 0 Å². The van der Waals surface area contributed by atoms with Crippen molar-refractivity contribution < 1.29 is 0 Å². The summed E-state index contributed by atoms with van der Waals surface area (Å²) in [5.41, 5.74) is 12.4. The summed E-state index contributed by atoms with van der Waals surface area (Å²) in [6.07, 6.45) is 4.47. The highest BCUT2D eigenvalue weighted by molar-refractivity contribution is 6.21. The molecule has 0 N–H and O–H groups in total. The minimum atomic E-state index is 1.17. The molecule has 0 heteroatoms. The molecule has 0 aromatic heterocycles. The van der Waals surface area contributed by atoms with E-state index in [2.05, 4.69) is 206 Å². The topological polar surface area (TPSA) is 0 Å². The smallest absolute Gasteiger partial charge is 0.00264 e. The SMILES string of the molecule is C(=C\c1ccc(-c2ccccc2)c2ccccc12)/c1ccc(-c2c3ccccc3c(-c3ccc(-c4ccccc4)cc3)c3ccccc23)cc1. The van der Waals surface area contributed by atoms with Gasteiger partial charge in [0.1, 0.15) is 0 Å². The molecule has 0 nitrogen and oxygen atoms in total. The summed E-state index contributed by atoms with van der Waals surface area (Å²) in [6, 6.07) is 70.2. The van der Waals surface area contributed by atoms with E-state index in [1.54, 1.807) is 0 Å². The minimum Gasteiger partial charge on any atom is -0.0622 e. The van der Waals surface area contributed by atoms with Gasteiger partial charge in [-0.05, 0) is 88.0 Å². The molecule has 0 aliphatic rings. The normalized spacial score (nSPS) is 11.5. The van der Waals surface area contributed by atoms with Crippen molar-refractivity contribution in [3.8, 4) is 44.5 Å². The Morgan fingerprint density at radius 3 is 1.18 bits per heavy atom. The third-order valence-corrected chi connectivity index (χ3v) is 9.91. The maximum atomic E-state index is 2.28. The predicted molar refractivity (Wildman–Crippen MR) is 216 cm³/mol. The van der Waals surface area contributed by atoms with Crippen LogP contribution in [-0.2, 0) is 0 Å². The Labute approximate surface area is 293 Å². The molecule has 0 amide bonds. The zero-order valence-electron chi connectivity index (χ0n) is 27.6. The molecule has 50 heavy (non-hydrogen) atoms. The first-order valence-electron chi connectivity index (χ1n) is 17.3. The lowest BCUT2D eigenvalue weighted by molar-refractivity contribution is 1.61. The van der Waals surface area contributed by atoms with Crippen LogP contribution in [-0.4, -0.2) is 0 Å². The molecular formula is C50H34. The zero-order valence-corrected chi connectivity index (χ0v) is 27.6. The molecule has 0 aliphatic carbocycles. The number of hydrogen-bond acceptors (Lipinski definition) is 0. The lowest BCUT2D eigenvalue weighted by Crippen LogP contribution is -1.91. The number of rotatable bonds is 6. The number of hydrogen-bond donors (Lipinski definition) is 0. The van der Waals surface area contributed by atoms with E-state index in [9.17, 15) is 0 Å². The second kappa shape index (κ2) is 12.8. The van der Waals surface area contributed by atoms with E-state index in [0.29, 0.717) is 0 Å². The summed E-state index contributed by atoms with van der Waals surface area (Å²) in [5, 5.41) is 7.59. The average molecular weight is 635 g/mol. The summed E-state index contributed by atoms with van der Waals surface area (Å²) in [5.74, 6) is 0. The Balaban J connectivity index is 1.10. The fourth-order valence-corrected chi connectivity index (χ4v) is 7.49. The van der Waals surface area contributed by atoms with Crippen LogP contribution in [0.25, 0.3) is 89.0 Å². The Hall–Kier alpha value is -6.50. The Morgan fingerprint density at radius 1 is 0.240 bits per heavy atom. The van der Waals surface area contributed by atoms with E-state index in [0.717, 1.165) is 0 Å². The quantitative estimate of drug-likeness (QED) is 0.126. The predicted octanol–water partition coefficient (Wildman–Crippen LogP) is 14.0. The molecule has 0 bridgehead atoms. The summed E-state index contributed by atoms with van der Waals surface area (Å²) in [6.45, 7) is 0. The lowest BCUT2D eigenvalue weighted by Gasteiger charge is -2.18. The van der Waals surface area contributed by atoms with Gasteiger partial charge in [-0.2, -0.15) is 0 Å². The first-order chi connectivity index (χ1) is 24.8. The molecule has 0 radical (unpaired) electrons. The van der Waals surface area contributed by atoms with E-state index in [1.807, 2.05) is 0 Å². The van der Waals surface area contributed by atoms with Gasteiger partial charge in [0.25, 0.3) is 0 Å². The van der Waals surface area contributed by atoms with Gasteiger partial charge in [0.2, 0.25) is 0 Å². The molecule has 0 heterocycles. The largest absolute Gasteiger partial charge is 0.0622 e. The van der Waals surface area contributed by atoms with Gasteiger partial charge in [-0.3, -0.25) is 0 Å². The third kappa shape index (κ3) is 5.38. The highest BCUT2D eigenvalue weighted by atomic mass is 14.2. The molecule has 0 saturated heterocycles. The van der Waals surface area contributed by atoms with Crippen LogP contribution < -0.4 is 0 Å². The average Bonchev–Trinajstić information content (AvgIpc) is 3.20. The van der Waals surface area contributed by atoms with Crippen LogP contribution in [0, 0.1) is 0 Å². The molecule has 234 valence electrons. The van der Waals surface area contributed by atoms with Gasteiger partial charge < -0.3 is 0 Å². The molecular weight excluding hydrogens is 601 g/mol. The van der Waals surface area contributed by atoms with Crippen LogP contribution in [0.15, 0.2) is 194 Å². The van der Waals surface area contributed by atoms with Crippen molar-refractivity contribution in [2.24, 2.45) is 0 Å². The second-order valence-corrected chi connectivity index (χ2v) is 12.9. The van der Waals surface area contributed by atoms with Crippen molar-refractivity contribution in [2.75, 3.05) is 0 Å². The van der Waals surface area contributed by atoms with Crippen LogP contribution in [0.1, 0.15) is 11.1 Å². The highest BCUT2D eigenvalue weighted by Crippen LogP contribution is 2.44. The van der Waals surface area contributed by atoms with Crippen molar-refractivity contribution in [3.05, 3.63) is 205 Å². The van der Waals surface area contributed by atoms with Gasteiger partial charge in [0.05, 0.1) is 0 Å². The summed E-state index contributed by atoms with van der Waals surface area (Å²) >= 11 is 0. The van der Waals surface area contributed by atoms with E-state index in [1.165, 1.54) is 88.0 Å². The van der Waals surface area contributed by atoms with Crippen molar-refractivity contribution in [3.63, 3.8) is 0 Å². The molecule has 9 rings (SSSR count). The van der Waals surface area contributed by atoms with E-state index in [4.69, 9.17) is 0 Å². The highest BCUT2D eigenvalue weighted by Gasteiger charge is 2.16. The van der Waals surface area contributed by atoms with Crippen molar-refractivity contribution in [1.29, 1.82) is 0 Å². The Bertz CT molecular complexity index is 2590. The molecule has 0 unspecified atom stereocenters. The number of fused-ring (bicyclic) bond motifs is 3. The van der Waals surface area contributed by atoms with Crippen molar-refractivity contribution >= 4 is 44.5 Å². The maximum absolute atomic E-state index is 2.28. The molecule has 9 aromatic rings. The fraction of sp³-hybridized carbons (Fsp3) is 0. The van der Waals surface area contributed by atoms with Crippen molar-refractivity contribution in [2.45, 2.75) is 0 Å². The Morgan fingerprint density at radius 2 is 0.640 bits per heavy atom. The molecule has 0 fully saturated rings. The van der Waals surface area contributed by atoms with Crippen molar-refractivity contribution in [1.82, 2.24) is 0 Å². The second-order valence-electron chi connectivity index (χ2n) is 12.9. The van der Waals surface area contributed by atoms with Crippen LogP contribution in [0.3, 0.4) is 0 Å². The monoisotopic (exact) mass is 634 g/mol. The molecule has 0 atom stereocenters. The van der Waals surface area contributed by atoms with Gasteiger partial charge in [-0.25, -0.2) is 0 Å². The van der Waals surface area contributed by atoms with Crippen LogP contribution in [0.4, 0.5) is 0 Å². The molecule has 9 aromatic carbocycles. The lowest BCUT2D eigenvalue weighted by atomic mass is 9.85. The van der Waals surface area contributed by atoms with Gasteiger partial charge in [0.15, 0.2) is 0 Å². The molecule has 0 saturated carbocycles.